The van der Waals surface area contributed by atoms with E-state index in [9.17, 15) is 0 Å². The summed E-state index contributed by atoms with van der Waals surface area (Å²) in [6, 6.07) is 15.5. The second-order valence-corrected chi connectivity index (χ2v) is 13.3. The number of benzene rings is 2. The third-order valence-corrected chi connectivity index (χ3v) is 11.8. The zero-order chi connectivity index (χ0) is 26.5. The van der Waals surface area contributed by atoms with Crippen molar-refractivity contribution in [2.75, 3.05) is 26.8 Å². The Morgan fingerprint density at radius 3 is 2.80 bits per heavy atom. The summed E-state index contributed by atoms with van der Waals surface area (Å²) in [5.74, 6) is 2.75. The first kappa shape index (κ1) is 23.9. The van der Waals surface area contributed by atoms with E-state index in [-0.39, 0.29) is 28.5 Å². The number of hydrogen-bond acceptors (Lipinski definition) is 7. The van der Waals surface area contributed by atoms with E-state index < -0.39 is 0 Å². The van der Waals surface area contributed by atoms with E-state index in [1.165, 1.54) is 42.5 Å². The Bertz CT molecular complexity index is 1440. The lowest BCUT2D eigenvalue weighted by Gasteiger charge is -2.74. The van der Waals surface area contributed by atoms with E-state index in [1.807, 2.05) is 7.11 Å². The van der Waals surface area contributed by atoms with E-state index in [2.05, 4.69) is 68.0 Å². The van der Waals surface area contributed by atoms with Gasteiger partial charge in [-0.3, -0.25) is 4.90 Å². The van der Waals surface area contributed by atoms with Crippen molar-refractivity contribution in [1.29, 1.82) is 0 Å². The van der Waals surface area contributed by atoms with Crippen LogP contribution in [0, 0.1) is 17.3 Å². The summed E-state index contributed by atoms with van der Waals surface area (Å²) in [6.45, 7) is 3.71. The molecule has 8 heteroatoms. The molecule has 1 aromatic heterocycles. The number of nitrogens with one attached hydrogen (secondary N) is 1. The Kier molecular flexibility index (Phi) is 4.99. The minimum atomic E-state index is -0.385. The monoisotopic (exact) mass is 539 g/mol. The number of nitrogens with zero attached hydrogens (tertiary/aromatic N) is 4. The van der Waals surface area contributed by atoms with Gasteiger partial charge >= 0.3 is 0 Å². The van der Waals surface area contributed by atoms with Gasteiger partial charge in [0.15, 0.2) is 0 Å². The van der Waals surface area contributed by atoms with E-state index in [4.69, 9.17) is 14.2 Å². The molecule has 5 aliphatic carbocycles. The predicted octanol–water partition coefficient (Wildman–Crippen LogP) is 4.31. The summed E-state index contributed by atoms with van der Waals surface area (Å²) in [6.07, 6.45) is 8.31. The van der Waals surface area contributed by atoms with Crippen LogP contribution < -0.4 is 4.74 Å². The molecule has 8 nitrogen and oxygen atoms in total. The molecule has 3 aromatic rings. The molecule has 2 aliphatic heterocycles. The van der Waals surface area contributed by atoms with Gasteiger partial charge in [0.2, 0.25) is 5.82 Å². The van der Waals surface area contributed by atoms with Crippen LogP contribution in [0.25, 0.3) is 11.4 Å². The van der Waals surface area contributed by atoms with Crippen molar-refractivity contribution in [3.05, 3.63) is 59.2 Å². The maximum atomic E-state index is 7.26. The Morgan fingerprint density at radius 1 is 1.10 bits per heavy atom. The summed E-state index contributed by atoms with van der Waals surface area (Å²) < 4.78 is 20.4. The number of hydrogen-bond donors (Lipinski definition) is 1. The fourth-order valence-corrected chi connectivity index (χ4v) is 10.1. The van der Waals surface area contributed by atoms with Gasteiger partial charge in [0.25, 0.3) is 0 Å². The highest BCUT2D eigenvalue weighted by molar-refractivity contribution is 5.73. The molecule has 1 N–H and O–H groups in total. The quantitative estimate of drug-likeness (QED) is 0.457. The van der Waals surface area contributed by atoms with Gasteiger partial charge < -0.3 is 14.2 Å². The number of piperidine rings is 1. The van der Waals surface area contributed by atoms with E-state index in [1.54, 1.807) is 0 Å². The third kappa shape index (κ3) is 2.94. The van der Waals surface area contributed by atoms with Crippen molar-refractivity contribution in [2.45, 2.75) is 74.7 Å². The molecular weight excluding hydrogens is 502 g/mol. The van der Waals surface area contributed by atoms with Gasteiger partial charge in [-0.15, -0.1) is 10.2 Å². The molecule has 2 aromatic carbocycles. The number of likely N-dealkylation sites (tertiary alicyclic amines) is 1. The third-order valence-electron chi connectivity index (χ3n) is 11.8. The summed E-state index contributed by atoms with van der Waals surface area (Å²) >= 11 is 0. The minimum absolute atomic E-state index is 0.0366. The number of fused-ring (bicyclic) bond motifs is 2. The number of ether oxygens (including phenoxy) is 3. The molecule has 3 unspecified atom stereocenters. The van der Waals surface area contributed by atoms with Gasteiger partial charge in [-0.25, -0.2) is 0 Å². The normalized spacial score (nSPS) is 36.9. The van der Waals surface area contributed by atoms with Gasteiger partial charge in [0.1, 0.15) is 17.5 Å². The van der Waals surface area contributed by atoms with E-state index >= 15 is 0 Å². The lowest BCUT2D eigenvalue weighted by Crippen LogP contribution is -2.81. The van der Waals surface area contributed by atoms with Crippen LogP contribution in [0.4, 0.5) is 0 Å². The number of methoxy groups -OCH3 is 1. The smallest absolute Gasteiger partial charge is 0.208 e. The summed E-state index contributed by atoms with van der Waals surface area (Å²) in [7, 11) is 1.91. The zero-order valence-electron chi connectivity index (χ0n) is 23.1. The predicted molar refractivity (Wildman–Crippen MR) is 148 cm³/mol. The Morgan fingerprint density at radius 2 is 2.00 bits per heavy atom. The fraction of sp³-hybridized carbons (Fsp3) is 0.594. The van der Waals surface area contributed by atoms with Crippen molar-refractivity contribution in [1.82, 2.24) is 25.5 Å². The van der Waals surface area contributed by atoms with Crippen molar-refractivity contribution in [3.63, 3.8) is 0 Å². The average molecular weight is 540 g/mol. The Labute approximate surface area is 234 Å². The van der Waals surface area contributed by atoms with Crippen molar-refractivity contribution in [3.8, 4) is 17.1 Å². The highest BCUT2D eigenvalue weighted by atomic mass is 16.6. The van der Waals surface area contributed by atoms with Gasteiger partial charge in [-0.1, -0.05) is 36.4 Å². The largest absolute Gasteiger partial charge is 0.485 e. The molecule has 208 valence electrons. The van der Waals surface area contributed by atoms with Crippen LogP contribution in [0.3, 0.4) is 0 Å². The molecule has 3 heterocycles. The zero-order valence-corrected chi connectivity index (χ0v) is 23.1. The molecular formula is C32H37N5O3. The van der Waals surface area contributed by atoms with Crippen LogP contribution >= 0.6 is 0 Å². The lowest BCUT2D eigenvalue weighted by atomic mass is 9.35. The number of rotatable bonds is 8. The lowest BCUT2D eigenvalue weighted by molar-refractivity contribution is -0.283. The molecule has 5 fully saturated rings. The molecule has 0 amide bonds. The Balaban J connectivity index is 1.17. The molecule has 6 atom stereocenters. The number of aromatic nitrogens is 4. The molecule has 7 aliphatic rings. The number of tetrazole rings is 1. The molecule has 4 saturated carbocycles. The molecule has 2 spiro atoms. The average Bonchev–Trinajstić information content (AvgIpc) is 3.48. The van der Waals surface area contributed by atoms with Gasteiger partial charge in [-0.2, -0.15) is 5.21 Å². The molecule has 0 radical (unpaired) electrons. The van der Waals surface area contributed by atoms with Crippen LogP contribution in [-0.4, -0.2) is 70.1 Å². The first-order valence-corrected chi connectivity index (χ1v) is 15.2. The highest BCUT2D eigenvalue weighted by Crippen LogP contribution is 2.76. The maximum Gasteiger partial charge on any atom is 0.208 e. The topological polar surface area (TPSA) is 85.4 Å². The standard InChI is InChI=1S/C32H37N5O3/c1-38-32-12-11-30(16-23(32)19-39-18-21-5-3-2-4-6-21)25-15-22-9-10-24(28-33-35-36-34-28)27-26(22)31(30,29(32)40-27)13-14-37(25)17-20-7-8-20/h2-6,9-10,20,23,25,29H,7-8,11-19H2,1H3,(H,33,34,35,36)/t23-,25-,29-,30?,31?,32?/m1/s1. The Hall–Kier alpha value is -2.81. The van der Waals surface area contributed by atoms with Crippen LogP contribution in [-0.2, 0) is 27.9 Å². The second kappa shape index (κ2) is 8.37. The summed E-state index contributed by atoms with van der Waals surface area (Å²) in [5, 5.41) is 15.2. The molecule has 4 bridgehead atoms. The van der Waals surface area contributed by atoms with Gasteiger partial charge in [0.05, 0.1) is 18.8 Å². The van der Waals surface area contributed by atoms with Crippen LogP contribution in [0.1, 0.15) is 55.2 Å². The van der Waals surface area contributed by atoms with Gasteiger partial charge in [-0.05, 0) is 79.8 Å². The first-order chi connectivity index (χ1) is 19.7. The SMILES string of the molecule is COC12CCC3(C[C@@H]1COCc1ccccc1)[C@H]1Cc4ccc(-c5nn[nH]n5)c5c4C3(CCN1CC1CC1)[C@H]2O5. The first-order valence-electron chi connectivity index (χ1n) is 15.2. The van der Waals surface area contributed by atoms with Gasteiger partial charge in [0, 0.05) is 42.0 Å². The van der Waals surface area contributed by atoms with Crippen LogP contribution in [0.5, 0.6) is 5.75 Å². The fourth-order valence-electron chi connectivity index (χ4n) is 10.1. The number of aromatic amines is 1. The molecule has 40 heavy (non-hydrogen) atoms. The van der Waals surface area contributed by atoms with Crippen molar-refractivity contribution in [2.24, 2.45) is 17.3 Å². The molecule has 10 rings (SSSR count). The van der Waals surface area contributed by atoms with Crippen LogP contribution in [0.15, 0.2) is 42.5 Å². The summed E-state index contributed by atoms with van der Waals surface area (Å²) in [4.78, 5) is 2.89. The minimum Gasteiger partial charge on any atom is -0.485 e. The molecule has 1 saturated heterocycles. The van der Waals surface area contributed by atoms with E-state index in [0.29, 0.717) is 25.1 Å². The van der Waals surface area contributed by atoms with E-state index in [0.717, 1.165) is 49.5 Å². The van der Waals surface area contributed by atoms with Crippen molar-refractivity contribution >= 4 is 0 Å². The van der Waals surface area contributed by atoms with Crippen LogP contribution in [0.2, 0.25) is 0 Å². The van der Waals surface area contributed by atoms with Crippen molar-refractivity contribution < 1.29 is 14.2 Å². The maximum absolute atomic E-state index is 7.26. The second-order valence-electron chi connectivity index (χ2n) is 13.3. The number of H-pyrrole nitrogens is 1. The highest BCUT2D eigenvalue weighted by Gasteiger charge is 2.80. The summed E-state index contributed by atoms with van der Waals surface area (Å²) in [5.41, 5.74) is 4.78.